The van der Waals surface area contributed by atoms with Crippen molar-refractivity contribution in [2.75, 3.05) is 11.9 Å². The summed E-state index contributed by atoms with van der Waals surface area (Å²) >= 11 is 3.24. The number of hydrogen-bond acceptors (Lipinski definition) is 4. The van der Waals surface area contributed by atoms with Crippen LogP contribution in [0.15, 0.2) is 119 Å². The van der Waals surface area contributed by atoms with E-state index in [-0.39, 0.29) is 18.0 Å². The van der Waals surface area contributed by atoms with E-state index in [9.17, 15) is 4.79 Å². The molecular formula is C31H26ClN3OS2. The summed E-state index contributed by atoms with van der Waals surface area (Å²) in [5, 5.41) is 0.989. The molecule has 3 aromatic carbocycles. The number of halogens is 1. The molecule has 0 saturated carbocycles. The molecule has 0 radical (unpaired) electrons. The van der Waals surface area contributed by atoms with E-state index in [2.05, 4.69) is 76.3 Å². The number of fused-ring (bicyclic) bond motifs is 1. The summed E-state index contributed by atoms with van der Waals surface area (Å²) in [7, 11) is 2.04. The highest BCUT2D eigenvalue weighted by Gasteiger charge is 2.24. The fourth-order valence-electron chi connectivity index (χ4n) is 4.56. The van der Waals surface area contributed by atoms with Gasteiger partial charge in [-0.15, -0.1) is 11.3 Å². The third-order valence-corrected chi connectivity index (χ3v) is 8.96. The first kappa shape index (κ1) is 26.0. The van der Waals surface area contributed by atoms with Crippen molar-refractivity contribution in [2.45, 2.75) is 18.0 Å². The molecule has 0 fully saturated rings. The molecule has 0 spiro atoms. The Morgan fingerprint density at radius 1 is 0.816 bits per heavy atom. The number of benzene rings is 3. The normalized spacial score (nSPS) is 14.3. The number of pyridine rings is 1. The lowest BCUT2D eigenvalue weighted by Gasteiger charge is -2.11. The van der Waals surface area contributed by atoms with Crippen molar-refractivity contribution in [1.29, 1.82) is 0 Å². The highest BCUT2D eigenvalue weighted by atomic mass is 35.5. The van der Waals surface area contributed by atoms with E-state index < -0.39 is 0 Å². The first-order valence-electron chi connectivity index (χ1n) is 12.2. The van der Waals surface area contributed by atoms with Gasteiger partial charge in [0.25, 0.3) is 5.56 Å². The van der Waals surface area contributed by atoms with Gasteiger partial charge in [0, 0.05) is 35.7 Å². The summed E-state index contributed by atoms with van der Waals surface area (Å²) in [4.78, 5) is 17.2. The Labute approximate surface area is 236 Å². The molecule has 0 saturated heterocycles. The molecule has 2 aromatic heterocycles. The maximum Gasteiger partial charge on any atom is 0.272 e. The standard InChI is InChI=1S/C31H26N3OS2.ClH/c1-32-26-17-8-9-18-27(26)36-31(32)29-30(35)34(22-24-14-6-3-7-15-24)28(37-29)20-25-16-10-11-19-33(25)21-23-12-4-2-5-13-23;/h2-20H,21-22H2,1H3;1H/q+1;/p-1/b31-29+;. The van der Waals surface area contributed by atoms with Crippen LogP contribution in [0, 0.1) is 0 Å². The molecule has 0 unspecified atom stereocenters. The molecule has 6 rings (SSSR count). The molecule has 1 aliphatic rings. The van der Waals surface area contributed by atoms with Crippen molar-refractivity contribution in [1.82, 2.24) is 4.57 Å². The average molecular weight is 556 g/mol. The van der Waals surface area contributed by atoms with Gasteiger partial charge in [-0.3, -0.25) is 9.36 Å². The van der Waals surface area contributed by atoms with Gasteiger partial charge in [-0.2, -0.15) is 4.57 Å². The van der Waals surface area contributed by atoms with Gasteiger partial charge >= 0.3 is 0 Å². The molecule has 0 aliphatic carbocycles. The first-order valence-corrected chi connectivity index (χ1v) is 13.8. The zero-order valence-corrected chi connectivity index (χ0v) is 23.2. The largest absolute Gasteiger partial charge is 1.00 e. The van der Waals surface area contributed by atoms with Gasteiger partial charge in [0.1, 0.15) is 14.2 Å². The lowest BCUT2D eigenvalue weighted by atomic mass is 10.2. The minimum absolute atomic E-state index is 0. The van der Waals surface area contributed by atoms with E-state index in [0.29, 0.717) is 6.54 Å². The van der Waals surface area contributed by atoms with Crippen molar-refractivity contribution in [3.05, 3.63) is 146 Å². The topological polar surface area (TPSA) is 29.1 Å². The van der Waals surface area contributed by atoms with Crippen molar-refractivity contribution in [2.24, 2.45) is 0 Å². The number of rotatable bonds is 5. The van der Waals surface area contributed by atoms with Gasteiger partial charge in [0.2, 0.25) is 5.69 Å². The van der Waals surface area contributed by atoms with Crippen LogP contribution < -0.4 is 36.6 Å². The minimum atomic E-state index is 0. The minimum Gasteiger partial charge on any atom is -1.00 e. The number of nitrogens with zero attached hydrogens (tertiary/aromatic N) is 3. The smallest absolute Gasteiger partial charge is 0.272 e. The Kier molecular flexibility index (Phi) is 7.84. The van der Waals surface area contributed by atoms with Gasteiger partial charge in [-0.25, -0.2) is 0 Å². The van der Waals surface area contributed by atoms with E-state index in [0.717, 1.165) is 37.7 Å². The first-order chi connectivity index (χ1) is 18.2. The summed E-state index contributed by atoms with van der Waals surface area (Å²) in [6, 6.07) is 35.2. The van der Waals surface area contributed by atoms with E-state index in [1.807, 2.05) is 60.1 Å². The van der Waals surface area contributed by atoms with Gasteiger partial charge in [0.15, 0.2) is 12.7 Å². The molecule has 4 nitrogen and oxygen atoms in total. The van der Waals surface area contributed by atoms with E-state index in [1.165, 1.54) is 10.5 Å². The van der Waals surface area contributed by atoms with Crippen LogP contribution >= 0.6 is 23.1 Å². The van der Waals surface area contributed by atoms with Crippen LogP contribution in [0.25, 0.3) is 11.1 Å². The van der Waals surface area contributed by atoms with Gasteiger partial charge in [-0.1, -0.05) is 84.6 Å². The maximum absolute atomic E-state index is 13.9. The highest BCUT2D eigenvalue weighted by molar-refractivity contribution is 8.08. The Morgan fingerprint density at radius 2 is 1.47 bits per heavy atom. The fourth-order valence-corrected chi connectivity index (χ4v) is 6.95. The molecule has 190 valence electrons. The summed E-state index contributed by atoms with van der Waals surface area (Å²) in [6.45, 7) is 1.29. The monoisotopic (exact) mass is 555 g/mol. The predicted molar refractivity (Wildman–Crippen MR) is 153 cm³/mol. The average Bonchev–Trinajstić information content (AvgIpc) is 3.42. The molecule has 5 aromatic rings. The quantitative estimate of drug-likeness (QED) is 0.307. The second-order valence-corrected chi connectivity index (χ2v) is 11.0. The van der Waals surface area contributed by atoms with Crippen LogP contribution in [0.1, 0.15) is 16.8 Å². The summed E-state index contributed by atoms with van der Waals surface area (Å²) < 4.78 is 5.86. The van der Waals surface area contributed by atoms with Crippen molar-refractivity contribution in [3.63, 3.8) is 0 Å². The molecule has 1 aliphatic heterocycles. The number of anilines is 1. The molecule has 0 atom stereocenters. The molecule has 0 N–H and O–H groups in total. The van der Waals surface area contributed by atoms with Gasteiger partial charge < -0.3 is 17.3 Å². The van der Waals surface area contributed by atoms with Crippen LogP contribution in [-0.2, 0) is 13.1 Å². The SMILES string of the molecule is CN1/C(=c2\s/c(=C\c3cccc[n+]3Cc3ccccc3)n(Cc3ccccc3)c2=O)Sc2ccccc21.[Cl-]. The maximum atomic E-state index is 13.9. The Morgan fingerprint density at radius 3 is 2.21 bits per heavy atom. The summed E-state index contributed by atoms with van der Waals surface area (Å²) in [5.41, 5.74) is 4.59. The number of hydrogen-bond donors (Lipinski definition) is 0. The second-order valence-electron chi connectivity index (χ2n) is 8.96. The molecule has 0 amide bonds. The number of aromatic nitrogens is 2. The lowest BCUT2D eigenvalue weighted by molar-refractivity contribution is -0.690. The van der Waals surface area contributed by atoms with E-state index in [1.54, 1.807) is 23.1 Å². The summed E-state index contributed by atoms with van der Waals surface area (Å²) in [5.74, 6) is 0. The number of para-hydroxylation sites is 1. The third kappa shape index (κ3) is 5.20. The van der Waals surface area contributed by atoms with Crippen molar-refractivity contribution < 1.29 is 17.0 Å². The number of thiazole rings is 1. The zero-order valence-electron chi connectivity index (χ0n) is 20.8. The molecule has 3 heterocycles. The lowest BCUT2D eigenvalue weighted by Crippen LogP contribution is -3.00. The van der Waals surface area contributed by atoms with E-state index in [4.69, 9.17) is 0 Å². The third-order valence-electron chi connectivity index (χ3n) is 6.47. The predicted octanol–water partition coefficient (Wildman–Crippen LogP) is 1.43. The van der Waals surface area contributed by atoms with Crippen LogP contribution in [0.5, 0.6) is 0 Å². The second kappa shape index (κ2) is 11.4. The molecular weight excluding hydrogens is 530 g/mol. The Hall–Kier alpha value is -3.58. The number of thioether (sulfide) groups is 1. The van der Waals surface area contributed by atoms with Crippen molar-refractivity contribution in [3.8, 4) is 0 Å². The Balaban J connectivity index is 0.00000294. The van der Waals surface area contributed by atoms with Gasteiger partial charge in [-0.05, 0) is 23.8 Å². The van der Waals surface area contributed by atoms with Crippen LogP contribution in [0.3, 0.4) is 0 Å². The fraction of sp³-hybridized carbons (Fsp3) is 0.0968. The van der Waals surface area contributed by atoms with Crippen LogP contribution in [0.4, 0.5) is 5.69 Å². The van der Waals surface area contributed by atoms with Crippen LogP contribution in [0.2, 0.25) is 0 Å². The molecule has 7 heteroatoms. The molecule has 0 bridgehead atoms. The van der Waals surface area contributed by atoms with Gasteiger partial charge in [0.05, 0.1) is 12.2 Å². The van der Waals surface area contributed by atoms with Crippen molar-refractivity contribution >= 4 is 39.9 Å². The molecule has 38 heavy (non-hydrogen) atoms. The zero-order chi connectivity index (χ0) is 25.2. The van der Waals surface area contributed by atoms with E-state index >= 15 is 0 Å². The highest BCUT2D eigenvalue weighted by Crippen LogP contribution is 2.44. The van der Waals surface area contributed by atoms with Crippen LogP contribution in [-0.4, -0.2) is 11.6 Å². The summed E-state index contributed by atoms with van der Waals surface area (Å²) in [6.07, 6.45) is 4.24. The Bertz CT molecular complexity index is 1750.